The van der Waals surface area contributed by atoms with Crippen molar-refractivity contribution in [2.45, 2.75) is 23.4 Å². The average Bonchev–Trinajstić information content (AvgIpc) is 3.22. The van der Waals surface area contributed by atoms with Crippen LogP contribution in [0.25, 0.3) is 11.1 Å². The molecule has 3 aromatic rings. The van der Waals surface area contributed by atoms with Crippen molar-refractivity contribution < 1.29 is 13.3 Å². The maximum Gasteiger partial charge on any atom is 0.243 e. The summed E-state index contributed by atoms with van der Waals surface area (Å²) in [7, 11) is -1.97. The van der Waals surface area contributed by atoms with Gasteiger partial charge in [0.05, 0.1) is 29.2 Å². The monoisotopic (exact) mass is 527 g/mol. The fourth-order valence-corrected chi connectivity index (χ4v) is 7.36. The van der Waals surface area contributed by atoms with E-state index < -0.39 is 10.0 Å². The van der Waals surface area contributed by atoms with Gasteiger partial charge >= 0.3 is 0 Å². The number of hydrogen-bond donors (Lipinski definition) is 0. The fraction of sp³-hybridized carbons (Fsp3) is 0.269. The largest absolute Gasteiger partial charge is 0.299 e. The van der Waals surface area contributed by atoms with Crippen molar-refractivity contribution in [2.24, 2.45) is 5.92 Å². The summed E-state index contributed by atoms with van der Waals surface area (Å²) in [5, 5.41) is 11.4. The van der Waals surface area contributed by atoms with E-state index in [1.54, 1.807) is 16.4 Å². The van der Waals surface area contributed by atoms with Crippen LogP contribution in [0.4, 0.5) is 0 Å². The van der Waals surface area contributed by atoms with Crippen LogP contribution >= 0.6 is 23.2 Å². The molecule has 2 fully saturated rings. The van der Waals surface area contributed by atoms with Crippen molar-refractivity contribution in [3.63, 3.8) is 0 Å². The highest BCUT2D eigenvalue weighted by Crippen LogP contribution is 2.42. The van der Waals surface area contributed by atoms with E-state index in [4.69, 9.17) is 33.3 Å². The van der Waals surface area contributed by atoms with Gasteiger partial charge in [-0.15, -0.1) is 0 Å². The second-order valence-electron chi connectivity index (χ2n) is 8.91. The molecule has 3 aromatic carbocycles. The number of hydroxylamine groups is 2. The van der Waals surface area contributed by atoms with E-state index in [1.807, 2.05) is 48.5 Å². The first-order chi connectivity index (χ1) is 16.8. The second kappa shape index (κ2) is 9.55. The van der Waals surface area contributed by atoms with Crippen LogP contribution in [-0.4, -0.2) is 44.0 Å². The third kappa shape index (κ3) is 4.70. The van der Waals surface area contributed by atoms with Crippen molar-refractivity contribution in [2.75, 3.05) is 20.2 Å². The van der Waals surface area contributed by atoms with Gasteiger partial charge in [-0.25, -0.2) is 8.42 Å². The van der Waals surface area contributed by atoms with Crippen LogP contribution in [-0.2, 0) is 14.9 Å². The van der Waals surface area contributed by atoms with Crippen molar-refractivity contribution in [3.8, 4) is 17.2 Å². The van der Waals surface area contributed by atoms with Crippen LogP contribution in [0.2, 0.25) is 10.0 Å². The molecule has 0 radical (unpaired) electrons. The molecule has 35 heavy (non-hydrogen) atoms. The number of sulfonamides is 1. The Kier molecular flexibility index (Phi) is 6.62. The minimum atomic E-state index is -3.87. The number of benzene rings is 3. The van der Waals surface area contributed by atoms with Gasteiger partial charge < -0.3 is 0 Å². The molecule has 0 saturated carbocycles. The van der Waals surface area contributed by atoms with Crippen LogP contribution in [0, 0.1) is 17.2 Å². The van der Waals surface area contributed by atoms with E-state index in [1.165, 1.54) is 18.2 Å². The lowest BCUT2D eigenvalue weighted by Gasteiger charge is -2.41. The lowest BCUT2D eigenvalue weighted by Crippen LogP contribution is -2.49. The number of nitriles is 1. The van der Waals surface area contributed by atoms with Gasteiger partial charge in [-0.2, -0.15) is 14.6 Å². The summed E-state index contributed by atoms with van der Waals surface area (Å²) in [4.78, 5) is 5.81. The normalized spacial score (nSPS) is 23.1. The minimum absolute atomic E-state index is 0.0682. The molecule has 0 aliphatic carbocycles. The third-order valence-electron chi connectivity index (χ3n) is 6.82. The van der Waals surface area contributed by atoms with Crippen LogP contribution < -0.4 is 0 Å². The van der Waals surface area contributed by atoms with Crippen molar-refractivity contribution in [3.05, 3.63) is 87.9 Å². The molecule has 0 spiro atoms. The van der Waals surface area contributed by atoms with E-state index in [0.29, 0.717) is 25.1 Å². The number of fused-ring (bicyclic) bond motifs is 1. The van der Waals surface area contributed by atoms with Crippen molar-refractivity contribution in [1.82, 2.24) is 9.37 Å². The van der Waals surface area contributed by atoms with Crippen LogP contribution in [0.5, 0.6) is 0 Å². The van der Waals surface area contributed by atoms with Crippen LogP contribution in [0.3, 0.4) is 0 Å². The summed E-state index contributed by atoms with van der Waals surface area (Å²) in [5.41, 5.74) is 3.48. The Hall–Kier alpha value is -2.44. The second-order valence-corrected chi connectivity index (χ2v) is 11.7. The quantitative estimate of drug-likeness (QED) is 0.445. The highest BCUT2D eigenvalue weighted by molar-refractivity contribution is 7.89. The van der Waals surface area contributed by atoms with Crippen LogP contribution in [0.15, 0.2) is 71.6 Å². The first kappa shape index (κ1) is 24.3. The van der Waals surface area contributed by atoms with Gasteiger partial charge in [0.2, 0.25) is 10.0 Å². The Labute approximate surface area is 215 Å². The summed E-state index contributed by atoms with van der Waals surface area (Å²) in [6.07, 6.45) is 0.602. The fourth-order valence-electron chi connectivity index (χ4n) is 4.95. The summed E-state index contributed by atoms with van der Waals surface area (Å²) < 4.78 is 29.2. The van der Waals surface area contributed by atoms with Gasteiger partial charge in [0, 0.05) is 35.6 Å². The molecule has 2 aliphatic heterocycles. The molecule has 3 atom stereocenters. The minimum Gasteiger partial charge on any atom is -0.299 e. The molecule has 2 heterocycles. The van der Waals surface area contributed by atoms with E-state index >= 15 is 0 Å². The zero-order chi connectivity index (χ0) is 24.7. The van der Waals surface area contributed by atoms with Gasteiger partial charge in [0.25, 0.3) is 0 Å². The third-order valence-corrected chi connectivity index (χ3v) is 9.10. The number of nitrogens with zero attached hydrogens (tertiary/aromatic N) is 3. The maximum atomic E-state index is 13.8. The molecule has 0 N–H and O–H groups in total. The van der Waals surface area contributed by atoms with Gasteiger partial charge in [-0.1, -0.05) is 59.6 Å². The van der Waals surface area contributed by atoms with Crippen molar-refractivity contribution in [1.29, 1.82) is 5.26 Å². The number of rotatable bonds is 4. The predicted octanol–water partition coefficient (Wildman–Crippen LogP) is 5.53. The van der Waals surface area contributed by atoms with Gasteiger partial charge in [-0.05, 0) is 53.4 Å². The summed E-state index contributed by atoms with van der Waals surface area (Å²) in [5.74, 6) is 0.0682. The Bertz CT molecular complexity index is 1370. The summed E-state index contributed by atoms with van der Waals surface area (Å²) in [6, 6.07) is 21.6. The summed E-state index contributed by atoms with van der Waals surface area (Å²) in [6.45, 7) is 0.817. The van der Waals surface area contributed by atoms with E-state index in [9.17, 15) is 8.42 Å². The lowest BCUT2D eigenvalue weighted by atomic mass is 9.87. The molecular formula is C26H23Cl2N3O3S. The Morgan fingerprint density at radius 1 is 0.971 bits per heavy atom. The topological polar surface area (TPSA) is 73.6 Å². The predicted molar refractivity (Wildman–Crippen MR) is 135 cm³/mol. The van der Waals surface area contributed by atoms with Crippen molar-refractivity contribution >= 4 is 33.2 Å². The molecule has 0 amide bonds. The number of halogens is 2. The van der Waals surface area contributed by atoms with E-state index in [0.717, 1.165) is 16.7 Å². The van der Waals surface area contributed by atoms with E-state index in [-0.39, 0.29) is 32.9 Å². The molecule has 2 aliphatic rings. The molecule has 0 aromatic heterocycles. The van der Waals surface area contributed by atoms with Gasteiger partial charge in [0.1, 0.15) is 0 Å². The summed E-state index contributed by atoms with van der Waals surface area (Å²) >= 11 is 12.3. The smallest absolute Gasteiger partial charge is 0.243 e. The lowest BCUT2D eigenvalue weighted by molar-refractivity contribution is -0.113. The van der Waals surface area contributed by atoms with E-state index in [2.05, 4.69) is 6.07 Å². The number of hydrogen-bond acceptors (Lipinski definition) is 5. The van der Waals surface area contributed by atoms with Crippen LogP contribution in [0.1, 0.15) is 23.6 Å². The number of piperidine rings is 1. The molecule has 2 saturated heterocycles. The maximum absolute atomic E-state index is 13.8. The van der Waals surface area contributed by atoms with Gasteiger partial charge in [0.15, 0.2) is 0 Å². The molecule has 180 valence electrons. The molecule has 0 unspecified atom stereocenters. The SMILES string of the molecule is CN1OC[C@@H]2CN(S(=O)(=O)c3cc(Cl)cc(Cl)c3)[C@H](c3ccc(-c4ccc(C#N)cc4)cc3)C[C@@H]21. The Morgan fingerprint density at radius 2 is 1.57 bits per heavy atom. The molecule has 5 rings (SSSR count). The molecular weight excluding hydrogens is 505 g/mol. The average molecular weight is 528 g/mol. The first-order valence-corrected chi connectivity index (χ1v) is 13.4. The molecule has 9 heteroatoms. The zero-order valence-corrected chi connectivity index (χ0v) is 21.3. The highest BCUT2D eigenvalue weighted by Gasteiger charge is 2.46. The van der Waals surface area contributed by atoms with Gasteiger partial charge in [-0.3, -0.25) is 4.84 Å². The zero-order valence-electron chi connectivity index (χ0n) is 18.9. The molecule has 6 nitrogen and oxygen atoms in total. The Balaban J connectivity index is 1.51. The molecule has 0 bridgehead atoms. The Morgan fingerprint density at radius 3 is 2.17 bits per heavy atom. The standard InChI is InChI=1S/C26H23Cl2N3O3S/c1-30-25-13-26(20-8-6-19(7-9-20)18-4-2-17(14-29)3-5-18)31(15-21(25)16-34-30)35(32,33)24-11-22(27)10-23(28)12-24/h2-12,21,25-26H,13,15-16H2,1H3/t21-,25-,26-/m0/s1. The highest BCUT2D eigenvalue weighted by atomic mass is 35.5. The first-order valence-electron chi connectivity index (χ1n) is 11.2.